The van der Waals surface area contributed by atoms with Crippen molar-refractivity contribution < 1.29 is 9.21 Å². The Hall–Kier alpha value is -1.55. The highest BCUT2D eigenvalue weighted by Crippen LogP contribution is 2.21. The predicted octanol–water partition coefficient (Wildman–Crippen LogP) is 3.83. The Kier molecular flexibility index (Phi) is 4.43. The van der Waals surface area contributed by atoms with Gasteiger partial charge in [-0.15, -0.1) is 0 Å². The van der Waals surface area contributed by atoms with Crippen molar-refractivity contribution in [2.45, 2.75) is 32.4 Å². The van der Waals surface area contributed by atoms with E-state index in [0.29, 0.717) is 11.0 Å². The summed E-state index contributed by atoms with van der Waals surface area (Å²) >= 11 is 1.34. The van der Waals surface area contributed by atoms with Gasteiger partial charge in [-0.3, -0.25) is 4.79 Å². The number of carbonyl (C=O) groups excluding carboxylic acids is 1. The first-order valence-electron chi connectivity index (χ1n) is 6.29. The van der Waals surface area contributed by atoms with Gasteiger partial charge in [0.05, 0.1) is 11.4 Å². The standard InChI is InChI=1S/C15H17NO2S/c1-4-12-5-7-13(8-6-12)14(17)9-19-15-16-10(2)11(3)18-15/h5-8H,4,9H2,1-3H3. The van der Waals surface area contributed by atoms with Gasteiger partial charge in [0.1, 0.15) is 5.76 Å². The number of aromatic nitrogens is 1. The van der Waals surface area contributed by atoms with Crippen LogP contribution in [0.5, 0.6) is 0 Å². The monoisotopic (exact) mass is 275 g/mol. The van der Waals surface area contributed by atoms with E-state index in [-0.39, 0.29) is 5.78 Å². The highest BCUT2D eigenvalue weighted by atomic mass is 32.2. The van der Waals surface area contributed by atoms with Crippen molar-refractivity contribution in [3.8, 4) is 0 Å². The first kappa shape index (κ1) is 13.9. The van der Waals surface area contributed by atoms with Crippen molar-refractivity contribution in [3.05, 3.63) is 46.8 Å². The van der Waals surface area contributed by atoms with Gasteiger partial charge in [0.15, 0.2) is 5.78 Å². The number of ketones is 1. The number of nitrogens with zero attached hydrogens (tertiary/aromatic N) is 1. The molecule has 1 heterocycles. The van der Waals surface area contributed by atoms with E-state index in [2.05, 4.69) is 11.9 Å². The molecule has 1 aromatic heterocycles. The number of benzene rings is 1. The number of aryl methyl sites for hydroxylation is 3. The molecule has 0 spiro atoms. The van der Waals surface area contributed by atoms with E-state index in [1.54, 1.807) is 0 Å². The van der Waals surface area contributed by atoms with Gasteiger partial charge in [-0.1, -0.05) is 43.0 Å². The summed E-state index contributed by atoms with van der Waals surface area (Å²) in [5.41, 5.74) is 2.86. The molecule has 0 fully saturated rings. The van der Waals surface area contributed by atoms with Crippen LogP contribution in [0.2, 0.25) is 0 Å². The van der Waals surface area contributed by atoms with Gasteiger partial charge in [0, 0.05) is 5.56 Å². The molecule has 2 rings (SSSR count). The molecule has 19 heavy (non-hydrogen) atoms. The van der Waals surface area contributed by atoms with Crippen molar-refractivity contribution >= 4 is 17.5 Å². The number of thioether (sulfide) groups is 1. The maximum absolute atomic E-state index is 12.0. The zero-order valence-corrected chi connectivity index (χ0v) is 12.2. The normalized spacial score (nSPS) is 10.7. The van der Waals surface area contributed by atoms with Gasteiger partial charge in [-0.05, 0) is 25.8 Å². The van der Waals surface area contributed by atoms with Gasteiger partial charge in [-0.25, -0.2) is 4.98 Å². The largest absolute Gasteiger partial charge is 0.437 e. The summed E-state index contributed by atoms with van der Waals surface area (Å²) in [6.45, 7) is 5.87. The highest BCUT2D eigenvalue weighted by molar-refractivity contribution is 7.99. The molecule has 0 bridgehead atoms. The third-order valence-electron chi connectivity index (χ3n) is 3.02. The predicted molar refractivity (Wildman–Crippen MR) is 76.9 cm³/mol. The lowest BCUT2D eigenvalue weighted by Crippen LogP contribution is -2.02. The Morgan fingerprint density at radius 3 is 2.47 bits per heavy atom. The van der Waals surface area contributed by atoms with Gasteiger partial charge in [0.25, 0.3) is 5.22 Å². The summed E-state index contributed by atoms with van der Waals surface area (Å²) in [5.74, 6) is 1.26. The maximum Gasteiger partial charge on any atom is 0.256 e. The lowest BCUT2D eigenvalue weighted by atomic mass is 10.1. The van der Waals surface area contributed by atoms with Crippen molar-refractivity contribution in [1.29, 1.82) is 0 Å². The first-order chi connectivity index (χ1) is 9.10. The molecule has 0 N–H and O–H groups in total. The highest BCUT2D eigenvalue weighted by Gasteiger charge is 2.11. The second-order valence-corrected chi connectivity index (χ2v) is 5.31. The van der Waals surface area contributed by atoms with Gasteiger partial charge in [-0.2, -0.15) is 0 Å². The maximum atomic E-state index is 12.0. The lowest BCUT2D eigenvalue weighted by Gasteiger charge is -2.01. The SMILES string of the molecule is CCc1ccc(C(=O)CSc2nc(C)c(C)o2)cc1. The summed E-state index contributed by atoms with van der Waals surface area (Å²) in [5, 5.41) is 0.563. The quantitative estimate of drug-likeness (QED) is 0.614. The molecule has 0 aliphatic heterocycles. The fourth-order valence-corrected chi connectivity index (χ4v) is 2.45. The molecule has 0 aliphatic rings. The van der Waals surface area contributed by atoms with E-state index in [1.807, 2.05) is 38.1 Å². The van der Waals surface area contributed by atoms with Crippen LogP contribution in [0.25, 0.3) is 0 Å². The van der Waals surface area contributed by atoms with E-state index >= 15 is 0 Å². The second kappa shape index (κ2) is 6.06. The van der Waals surface area contributed by atoms with Crippen LogP contribution in [-0.4, -0.2) is 16.5 Å². The summed E-state index contributed by atoms with van der Waals surface area (Å²) in [4.78, 5) is 16.3. The minimum atomic E-state index is 0.0983. The zero-order chi connectivity index (χ0) is 13.8. The Balaban J connectivity index is 1.96. The molecular formula is C15H17NO2S. The Labute approximate surface area is 117 Å². The molecule has 3 nitrogen and oxygen atoms in total. The number of hydrogen-bond donors (Lipinski definition) is 0. The lowest BCUT2D eigenvalue weighted by molar-refractivity contribution is 0.102. The van der Waals surface area contributed by atoms with E-state index in [1.165, 1.54) is 17.3 Å². The van der Waals surface area contributed by atoms with Crippen LogP contribution < -0.4 is 0 Å². The molecule has 0 aliphatic carbocycles. The van der Waals surface area contributed by atoms with Crippen molar-refractivity contribution in [2.24, 2.45) is 0 Å². The average molecular weight is 275 g/mol. The molecule has 0 amide bonds. The van der Waals surface area contributed by atoms with Crippen LogP contribution >= 0.6 is 11.8 Å². The third-order valence-corrected chi connectivity index (χ3v) is 3.85. The summed E-state index contributed by atoms with van der Waals surface area (Å²) in [6.07, 6.45) is 0.984. The molecule has 2 aromatic rings. The van der Waals surface area contributed by atoms with Gasteiger partial charge in [0.2, 0.25) is 0 Å². The van der Waals surface area contributed by atoms with E-state index < -0.39 is 0 Å². The second-order valence-electron chi connectivity index (χ2n) is 4.38. The van der Waals surface area contributed by atoms with Crippen LogP contribution in [0.3, 0.4) is 0 Å². The van der Waals surface area contributed by atoms with Gasteiger partial charge < -0.3 is 4.42 Å². The Morgan fingerprint density at radius 2 is 1.95 bits per heavy atom. The topological polar surface area (TPSA) is 43.1 Å². The fraction of sp³-hybridized carbons (Fsp3) is 0.333. The number of Topliss-reactive ketones (excluding diaryl/α,β-unsaturated/α-hetero) is 1. The summed E-state index contributed by atoms with van der Waals surface area (Å²) in [7, 11) is 0. The van der Waals surface area contributed by atoms with Gasteiger partial charge >= 0.3 is 0 Å². The number of oxazole rings is 1. The van der Waals surface area contributed by atoms with Crippen LogP contribution in [-0.2, 0) is 6.42 Å². The van der Waals surface area contributed by atoms with E-state index in [9.17, 15) is 4.79 Å². The zero-order valence-electron chi connectivity index (χ0n) is 11.4. The number of hydrogen-bond acceptors (Lipinski definition) is 4. The molecule has 0 radical (unpaired) electrons. The molecule has 0 unspecified atom stereocenters. The minimum Gasteiger partial charge on any atom is -0.437 e. The van der Waals surface area contributed by atoms with Crippen molar-refractivity contribution in [2.75, 3.05) is 5.75 Å². The van der Waals surface area contributed by atoms with Crippen LogP contribution in [0.1, 0.15) is 34.3 Å². The van der Waals surface area contributed by atoms with Crippen LogP contribution in [0, 0.1) is 13.8 Å². The minimum absolute atomic E-state index is 0.0983. The third kappa shape index (κ3) is 3.47. The average Bonchev–Trinajstić information content (AvgIpc) is 2.75. The molecule has 0 saturated heterocycles. The number of carbonyl (C=O) groups is 1. The molecule has 4 heteroatoms. The van der Waals surface area contributed by atoms with E-state index in [0.717, 1.165) is 23.4 Å². The van der Waals surface area contributed by atoms with Crippen LogP contribution in [0.15, 0.2) is 33.9 Å². The molecule has 1 aromatic carbocycles. The number of rotatable bonds is 5. The summed E-state index contributed by atoms with van der Waals surface area (Å²) < 4.78 is 5.44. The van der Waals surface area contributed by atoms with Crippen molar-refractivity contribution in [1.82, 2.24) is 4.98 Å². The van der Waals surface area contributed by atoms with Crippen LogP contribution in [0.4, 0.5) is 0 Å². The van der Waals surface area contributed by atoms with E-state index in [4.69, 9.17) is 4.42 Å². The fourth-order valence-electron chi connectivity index (χ4n) is 1.64. The Bertz CT molecular complexity index is 553. The smallest absolute Gasteiger partial charge is 0.256 e. The molecular weight excluding hydrogens is 258 g/mol. The molecule has 100 valence electrons. The summed E-state index contributed by atoms with van der Waals surface area (Å²) in [6, 6.07) is 7.76. The molecule has 0 saturated carbocycles. The van der Waals surface area contributed by atoms with Crippen molar-refractivity contribution in [3.63, 3.8) is 0 Å². The Morgan fingerprint density at radius 1 is 1.26 bits per heavy atom. The first-order valence-corrected chi connectivity index (χ1v) is 7.27. The molecule has 0 atom stereocenters.